The Kier molecular flexibility index (Phi) is 7.15. The van der Waals surface area contributed by atoms with Gasteiger partial charge in [0.15, 0.2) is 9.04 Å². The van der Waals surface area contributed by atoms with E-state index in [1.165, 1.54) is 6.07 Å². The van der Waals surface area contributed by atoms with E-state index in [0.29, 0.717) is 12.8 Å². The first-order chi connectivity index (χ1) is 10.5. The second-order valence-electron chi connectivity index (χ2n) is 7.90. The molecular weight excluding hydrogens is 307 g/mol. The Labute approximate surface area is 142 Å². The molecule has 0 saturated heterocycles. The van der Waals surface area contributed by atoms with Crippen LogP contribution in [0.5, 0.6) is 0 Å². The van der Waals surface area contributed by atoms with Crippen LogP contribution >= 0.6 is 0 Å². The third kappa shape index (κ3) is 6.19. The van der Waals surface area contributed by atoms with E-state index in [-0.39, 0.29) is 29.0 Å². The van der Waals surface area contributed by atoms with Crippen molar-refractivity contribution < 1.29 is 13.6 Å². The van der Waals surface area contributed by atoms with Gasteiger partial charge in [-0.05, 0) is 48.2 Å². The number of ketones is 1. The Morgan fingerprint density at radius 2 is 1.87 bits per heavy atom. The molecule has 0 spiro atoms. The average Bonchev–Trinajstić information content (AvgIpc) is 2.41. The third-order valence-corrected chi connectivity index (χ3v) is 4.69. The summed E-state index contributed by atoms with van der Waals surface area (Å²) in [6.45, 7) is 14.4. The monoisotopic (exact) mass is 338 g/mol. The van der Waals surface area contributed by atoms with Gasteiger partial charge in [0.05, 0.1) is 6.10 Å². The van der Waals surface area contributed by atoms with Gasteiger partial charge in [-0.2, -0.15) is 0 Å². The molecule has 1 aromatic rings. The number of halogens is 1. The molecular formula is C19H31FO2Si. The van der Waals surface area contributed by atoms with Gasteiger partial charge in [0.25, 0.3) is 0 Å². The zero-order chi connectivity index (χ0) is 17.8. The van der Waals surface area contributed by atoms with Gasteiger partial charge in [-0.25, -0.2) is 4.39 Å². The smallest absolute Gasteiger partial charge is 0.171 e. The fraction of sp³-hybridized carbons (Fsp3) is 0.632. The molecule has 23 heavy (non-hydrogen) atoms. The number of rotatable bonds is 7. The van der Waals surface area contributed by atoms with E-state index in [0.717, 1.165) is 11.1 Å². The van der Waals surface area contributed by atoms with Crippen molar-refractivity contribution >= 4 is 14.8 Å². The summed E-state index contributed by atoms with van der Waals surface area (Å²) in [7, 11) is -1.28. The lowest BCUT2D eigenvalue weighted by Gasteiger charge is -2.34. The quantitative estimate of drug-likeness (QED) is 0.649. The molecule has 0 saturated carbocycles. The van der Waals surface area contributed by atoms with Crippen LogP contribution in [0.2, 0.25) is 13.1 Å². The van der Waals surface area contributed by atoms with Gasteiger partial charge in [0, 0.05) is 12.3 Å². The molecule has 1 unspecified atom stereocenters. The standard InChI is InChI=1S/C19H31FO2Si/c1-13(2)17(21)11-9-14-8-10-15(20)12-16(14)18(19(3,4)5)22-23(6)7/h8,10,12-13,18,23H,9,11H2,1-7H3. The van der Waals surface area contributed by atoms with Gasteiger partial charge in [0.2, 0.25) is 0 Å². The highest BCUT2D eigenvalue weighted by Crippen LogP contribution is 2.38. The Hall–Kier alpha value is -1.00. The molecule has 0 heterocycles. The largest absolute Gasteiger partial charge is 0.413 e. The predicted octanol–water partition coefficient (Wildman–Crippen LogP) is 5.07. The first-order valence-electron chi connectivity index (χ1n) is 8.49. The number of carbonyl (C=O) groups excluding carboxylic acids is 1. The van der Waals surface area contributed by atoms with Gasteiger partial charge in [-0.3, -0.25) is 4.79 Å². The molecule has 0 bridgehead atoms. The van der Waals surface area contributed by atoms with Crippen molar-refractivity contribution in [3.05, 3.63) is 35.1 Å². The van der Waals surface area contributed by atoms with E-state index in [4.69, 9.17) is 4.43 Å². The molecule has 1 atom stereocenters. The first kappa shape index (κ1) is 20.0. The van der Waals surface area contributed by atoms with Gasteiger partial charge in [0.1, 0.15) is 11.6 Å². The van der Waals surface area contributed by atoms with Gasteiger partial charge in [-0.1, -0.05) is 40.7 Å². The number of aryl methyl sites for hydroxylation is 1. The number of Topliss-reactive ketones (excluding diaryl/α,β-unsaturated/α-hetero) is 1. The van der Waals surface area contributed by atoms with Crippen molar-refractivity contribution in [3.8, 4) is 0 Å². The normalized spacial score (nSPS) is 13.7. The molecule has 1 aromatic carbocycles. The summed E-state index contributed by atoms with van der Waals surface area (Å²) in [5.74, 6) is 0.0329. The molecule has 0 aliphatic heterocycles. The Morgan fingerprint density at radius 1 is 1.26 bits per heavy atom. The summed E-state index contributed by atoms with van der Waals surface area (Å²) in [6.07, 6.45) is 0.989. The second kappa shape index (κ2) is 8.20. The summed E-state index contributed by atoms with van der Waals surface area (Å²) in [5, 5.41) is 0. The van der Waals surface area contributed by atoms with Gasteiger partial charge in [-0.15, -0.1) is 0 Å². The van der Waals surface area contributed by atoms with Gasteiger partial charge >= 0.3 is 0 Å². The summed E-state index contributed by atoms with van der Waals surface area (Å²) in [5.41, 5.74) is 1.80. The topological polar surface area (TPSA) is 26.3 Å². The van der Waals surface area contributed by atoms with Crippen LogP contribution in [0.25, 0.3) is 0 Å². The molecule has 0 N–H and O–H groups in total. The molecule has 0 aliphatic carbocycles. The molecule has 0 radical (unpaired) electrons. The SMILES string of the molecule is CC(C)C(=O)CCc1ccc(F)cc1C(O[SiH](C)C)C(C)(C)C. The minimum atomic E-state index is -1.28. The Balaban J connectivity index is 3.15. The van der Waals surface area contributed by atoms with Crippen LogP contribution in [0.15, 0.2) is 18.2 Å². The van der Waals surface area contributed by atoms with E-state index >= 15 is 0 Å². The van der Waals surface area contributed by atoms with Crippen molar-refractivity contribution in [3.63, 3.8) is 0 Å². The molecule has 0 aromatic heterocycles. The maximum atomic E-state index is 13.8. The van der Waals surface area contributed by atoms with E-state index in [2.05, 4.69) is 33.9 Å². The van der Waals surface area contributed by atoms with Crippen LogP contribution in [0, 0.1) is 17.2 Å². The van der Waals surface area contributed by atoms with Crippen LogP contribution in [-0.2, 0) is 15.6 Å². The molecule has 0 aliphatic rings. The Bertz CT molecular complexity index is 533. The molecule has 0 amide bonds. The summed E-state index contributed by atoms with van der Waals surface area (Å²) < 4.78 is 20.1. The summed E-state index contributed by atoms with van der Waals surface area (Å²) >= 11 is 0. The van der Waals surface area contributed by atoms with Crippen LogP contribution in [0.3, 0.4) is 0 Å². The zero-order valence-corrected chi connectivity index (χ0v) is 16.7. The van der Waals surface area contributed by atoms with E-state index in [9.17, 15) is 9.18 Å². The van der Waals surface area contributed by atoms with Crippen molar-refractivity contribution in [1.29, 1.82) is 0 Å². The number of hydrogen-bond donors (Lipinski definition) is 0. The maximum absolute atomic E-state index is 13.8. The molecule has 1 rings (SSSR count). The lowest BCUT2D eigenvalue weighted by atomic mass is 9.82. The Morgan fingerprint density at radius 3 is 2.35 bits per heavy atom. The highest BCUT2D eigenvalue weighted by atomic mass is 28.3. The predicted molar refractivity (Wildman–Crippen MR) is 96.7 cm³/mol. The van der Waals surface area contributed by atoms with E-state index in [1.54, 1.807) is 6.07 Å². The molecule has 0 fully saturated rings. The number of carbonyl (C=O) groups is 1. The number of hydrogen-bond acceptors (Lipinski definition) is 2. The lowest BCUT2D eigenvalue weighted by Crippen LogP contribution is -2.27. The summed E-state index contributed by atoms with van der Waals surface area (Å²) in [4.78, 5) is 11.9. The zero-order valence-electron chi connectivity index (χ0n) is 15.6. The van der Waals surface area contributed by atoms with Crippen LogP contribution in [0.4, 0.5) is 4.39 Å². The molecule has 4 heteroatoms. The minimum absolute atomic E-state index is 0.0385. The van der Waals surface area contributed by atoms with Crippen molar-refractivity contribution in [2.45, 2.75) is 66.7 Å². The van der Waals surface area contributed by atoms with Crippen LogP contribution in [-0.4, -0.2) is 14.8 Å². The average molecular weight is 339 g/mol. The third-order valence-electron chi connectivity index (χ3n) is 3.87. The van der Waals surface area contributed by atoms with E-state index < -0.39 is 9.04 Å². The minimum Gasteiger partial charge on any atom is -0.413 e. The van der Waals surface area contributed by atoms with Crippen molar-refractivity contribution in [2.24, 2.45) is 11.3 Å². The highest BCUT2D eigenvalue weighted by molar-refractivity contribution is 6.48. The highest BCUT2D eigenvalue weighted by Gasteiger charge is 2.30. The fourth-order valence-electron chi connectivity index (χ4n) is 2.60. The van der Waals surface area contributed by atoms with Crippen molar-refractivity contribution in [1.82, 2.24) is 0 Å². The molecule has 2 nitrogen and oxygen atoms in total. The van der Waals surface area contributed by atoms with E-state index in [1.807, 2.05) is 19.9 Å². The van der Waals surface area contributed by atoms with Crippen molar-refractivity contribution in [2.75, 3.05) is 0 Å². The van der Waals surface area contributed by atoms with Crippen LogP contribution in [0.1, 0.15) is 58.3 Å². The number of benzene rings is 1. The summed E-state index contributed by atoms with van der Waals surface area (Å²) in [6, 6.07) is 4.87. The maximum Gasteiger partial charge on any atom is 0.171 e. The van der Waals surface area contributed by atoms with Crippen LogP contribution < -0.4 is 0 Å². The first-order valence-corrected chi connectivity index (χ1v) is 11.3. The second-order valence-corrected chi connectivity index (χ2v) is 10.3. The molecule has 130 valence electrons. The fourth-order valence-corrected chi connectivity index (χ4v) is 3.70. The van der Waals surface area contributed by atoms with Gasteiger partial charge < -0.3 is 4.43 Å². The lowest BCUT2D eigenvalue weighted by molar-refractivity contribution is -0.121.